The van der Waals surface area contributed by atoms with Gasteiger partial charge in [0.25, 0.3) is 0 Å². The molecule has 0 atom stereocenters. The monoisotopic (exact) mass is 861 g/mol. The summed E-state index contributed by atoms with van der Waals surface area (Å²) in [4.78, 5) is 0. The summed E-state index contributed by atoms with van der Waals surface area (Å²) in [5.74, 6) is 3.73. The number of hydrogen-bond acceptors (Lipinski definition) is 6. The van der Waals surface area contributed by atoms with E-state index in [4.69, 9.17) is 28.4 Å². The number of ether oxygens (including phenoxy) is 6. The van der Waals surface area contributed by atoms with Gasteiger partial charge in [-0.15, -0.1) is 0 Å². The van der Waals surface area contributed by atoms with Crippen LogP contribution in [0.4, 0.5) is 0 Å². The fraction of sp³-hybridized carbons (Fsp3) is 0.579. The minimum Gasteiger partial charge on any atom is -0.491 e. The van der Waals surface area contributed by atoms with Crippen LogP contribution in [0.2, 0.25) is 0 Å². The SMILES string of the molecule is CC(C)Oc1c2cc(C(C)(C)C)cc1Cc1cc(C(C)(C)C)cc3c1OCCOCCCOCCOc1c(cc(C(C)(C)C)cc1Cc1cc(C(C)(C)C)cc(c1OC(C)C)C3)C2. The van der Waals surface area contributed by atoms with Gasteiger partial charge in [0.2, 0.25) is 0 Å². The smallest absolute Gasteiger partial charge is 0.126 e. The molecule has 63 heavy (non-hydrogen) atoms. The zero-order valence-corrected chi connectivity index (χ0v) is 42.0. The first kappa shape index (κ1) is 48.5. The lowest BCUT2D eigenvalue weighted by molar-refractivity contribution is 0.0581. The van der Waals surface area contributed by atoms with Crippen molar-refractivity contribution in [1.82, 2.24) is 0 Å². The number of benzene rings is 4. The van der Waals surface area contributed by atoms with Gasteiger partial charge < -0.3 is 28.4 Å². The highest BCUT2D eigenvalue weighted by molar-refractivity contribution is 5.60. The van der Waals surface area contributed by atoms with Crippen LogP contribution in [0.1, 0.15) is 184 Å². The molecule has 344 valence electrons. The number of fused-ring (bicyclic) bond motifs is 2. The normalized spacial score (nSPS) is 16.0. The van der Waals surface area contributed by atoms with Gasteiger partial charge in [0.15, 0.2) is 0 Å². The van der Waals surface area contributed by atoms with Crippen molar-refractivity contribution in [1.29, 1.82) is 0 Å². The molecule has 1 aliphatic carbocycles. The maximum Gasteiger partial charge on any atom is 0.126 e. The number of rotatable bonds is 4. The van der Waals surface area contributed by atoms with Crippen LogP contribution < -0.4 is 18.9 Å². The molecule has 6 heteroatoms. The van der Waals surface area contributed by atoms with Crippen LogP contribution in [-0.4, -0.2) is 51.8 Å². The van der Waals surface area contributed by atoms with Gasteiger partial charge in [-0.05, 0) is 123 Å². The Morgan fingerprint density at radius 2 is 0.619 bits per heavy atom. The Kier molecular flexibility index (Phi) is 14.8. The maximum absolute atomic E-state index is 7.04. The third kappa shape index (κ3) is 12.2. The quantitative estimate of drug-likeness (QED) is 0.179. The molecule has 0 aromatic heterocycles. The average molecular weight is 861 g/mol. The Morgan fingerprint density at radius 3 is 0.857 bits per heavy atom. The molecule has 0 amide bonds. The summed E-state index contributed by atoms with van der Waals surface area (Å²) < 4.78 is 40.5. The van der Waals surface area contributed by atoms with E-state index < -0.39 is 0 Å². The predicted molar refractivity (Wildman–Crippen MR) is 261 cm³/mol. The van der Waals surface area contributed by atoms with Crippen LogP contribution >= 0.6 is 0 Å². The van der Waals surface area contributed by atoms with E-state index in [0.29, 0.717) is 65.3 Å². The highest BCUT2D eigenvalue weighted by atomic mass is 16.5. The summed E-state index contributed by atoms with van der Waals surface area (Å²) in [6, 6.07) is 19.1. The molecule has 0 radical (unpaired) electrons. The molecule has 0 saturated carbocycles. The van der Waals surface area contributed by atoms with Crippen molar-refractivity contribution >= 4 is 0 Å². The Labute approximate surface area is 381 Å². The summed E-state index contributed by atoms with van der Waals surface area (Å²) in [7, 11) is 0. The molecule has 0 fully saturated rings. The van der Waals surface area contributed by atoms with Crippen LogP contribution in [0.3, 0.4) is 0 Å². The molecule has 6 rings (SSSR count). The third-order valence-corrected chi connectivity index (χ3v) is 12.2. The van der Waals surface area contributed by atoms with Gasteiger partial charge >= 0.3 is 0 Å². The highest BCUT2D eigenvalue weighted by Crippen LogP contribution is 2.44. The van der Waals surface area contributed by atoms with E-state index in [1.165, 1.54) is 22.3 Å². The van der Waals surface area contributed by atoms with Crippen LogP contribution in [0.25, 0.3) is 0 Å². The van der Waals surface area contributed by atoms with Crippen molar-refractivity contribution in [2.24, 2.45) is 0 Å². The molecule has 1 heterocycles. The van der Waals surface area contributed by atoms with Gasteiger partial charge in [-0.25, -0.2) is 0 Å². The van der Waals surface area contributed by atoms with Crippen LogP contribution in [0, 0.1) is 0 Å². The molecule has 6 nitrogen and oxygen atoms in total. The van der Waals surface area contributed by atoms with Gasteiger partial charge in [0, 0.05) is 38.9 Å². The molecule has 4 aromatic rings. The fourth-order valence-corrected chi connectivity index (χ4v) is 8.64. The van der Waals surface area contributed by atoms with Gasteiger partial charge in [-0.2, -0.15) is 0 Å². The van der Waals surface area contributed by atoms with Gasteiger partial charge in [0.05, 0.1) is 25.4 Å². The van der Waals surface area contributed by atoms with Crippen molar-refractivity contribution in [3.05, 3.63) is 115 Å². The second-order valence-corrected chi connectivity index (χ2v) is 22.8. The molecule has 0 N–H and O–H groups in total. The van der Waals surface area contributed by atoms with E-state index >= 15 is 0 Å². The van der Waals surface area contributed by atoms with Crippen molar-refractivity contribution < 1.29 is 28.4 Å². The second kappa shape index (κ2) is 19.2. The lowest BCUT2D eigenvalue weighted by Crippen LogP contribution is -2.19. The molecule has 0 saturated heterocycles. The minimum atomic E-state index is -0.117. The summed E-state index contributed by atoms with van der Waals surface area (Å²) in [5.41, 5.74) is 13.9. The maximum atomic E-state index is 7.04. The third-order valence-electron chi connectivity index (χ3n) is 12.2. The van der Waals surface area contributed by atoms with Crippen molar-refractivity contribution in [2.45, 2.75) is 177 Å². The van der Waals surface area contributed by atoms with Crippen molar-refractivity contribution in [3.8, 4) is 23.0 Å². The molecular formula is C57H80O6. The van der Waals surface area contributed by atoms with E-state index in [1.807, 2.05) is 0 Å². The largest absolute Gasteiger partial charge is 0.491 e. The number of hydrogen-bond donors (Lipinski definition) is 0. The van der Waals surface area contributed by atoms with E-state index in [0.717, 1.165) is 73.9 Å². The van der Waals surface area contributed by atoms with E-state index in [1.54, 1.807) is 0 Å². The fourth-order valence-electron chi connectivity index (χ4n) is 8.64. The first-order chi connectivity index (χ1) is 29.4. The summed E-state index contributed by atoms with van der Waals surface area (Å²) in [5, 5.41) is 0. The van der Waals surface area contributed by atoms with E-state index in [2.05, 4.69) is 159 Å². The van der Waals surface area contributed by atoms with E-state index in [-0.39, 0.29) is 33.9 Å². The molecule has 0 spiro atoms. The molecule has 1 aliphatic heterocycles. The van der Waals surface area contributed by atoms with Gasteiger partial charge in [0.1, 0.15) is 36.2 Å². The first-order valence-corrected chi connectivity index (χ1v) is 23.8. The standard InChI is InChI=1S/C57H80O6/c1-36(2)62-52-42-24-38-28-46(54(5,6)7)30-40-26-44-34-49(57(14,15)16)35-45(53(44)63-37(3)4)27-41-31-47(55(8,9)10)29-39(25-43(52)33-48(32-42)56(11,12)13)51(41)61-23-21-59-19-17-18-58-20-22-60-50(38)40/h28-37H,17-27H2,1-16H3. The Balaban J connectivity index is 1.81. The van der Waals surface area contributed by atoms with Gasteiger partial charge in [-0.3, -0.25) is 0 Å². The molecule has 2 aliphatic rings. The molecule has 10 bridgehead atoms. The Bertz CT molecular complexity index is 1960. The molecule has 0 unspecified atom stereocenters. The summed E-state index contributed by atoms with van der Waals surface area (Å²) in [6.45, 7) is 39.3. The zero-order valence-electron chi connectivity index (χ0n) is 42.0. The zero-order chi connectivity index (χ0) is 46.1. The second-order valence-electron chi connectivity index (χ2n) is 22.8. The average Bonchev–Trinajstić information content (AvgIpc) is 3.14. The first-order valence-electron chi connectivity index (χ1n) is 23.8. The van der Waals surface area contributed by atoms with Crippen LogP contribution in [0.5, 0.6) is 23.0 Å². The predicted octanol–water partition coefficient (Wildman–Crippen LogP) is 13.3. The van der Waals surface area contributed by atoms with Crippen LogP contribution in [-0.2, 0) is 56.8 Å². The Hall–Kier alpha value is -4.00. The minimum absolute atomic E-state index is 0.0331. The topological polar surface area (TPSA) is 55.4 Å². The summed E-state index contributed by atoms with van der Waals surface area (Å²) >= 11 is 0. The molecular weight excluding hydrogens is 781 g/mol. The van der Waals surface area contributed by atoms with E-state index in [9.17, 15) is 0 Å². The van der Waals surface area contributed by atoms with Crippen molar-refractivity contribution in [3.63, 3.8) is 0 Å². The van der Waals surface area contributed by atoms with Crippen LogP contribution in [0.15, 0.2) is 48.5 Å². The summed E-state index contributed by atoms with van der Waals surface area (Å²) in [6.07, 6.45) is 3.31. The molecule has 4 aromatic carbocycles. The Morgan fingerprint density at radius 1 is 0.365 bits per heavy atom. The highest BCUT2D eigenvalue weighted by Gasteiger charge is 2.30. The van der Waals surface area contributed by atoms with Crippen molar-refractivity contribution in [2.75, 3.05) is 39.6 Å². The lowest BCUT2D eigenvalue weighted by Gasteiger charge is -2.30. The van der Waals surface area contributed by atoms with Gasteiger partial charge in [-0.1, -0.05) is 132 Å². The lowest BCUT2D eigenvalue weighted by atomic mass is 9.79.